The van der Waals surface area contributed by atoms with Crippen LogP contribution in [0.1, 0.15) is 200 Å². The van der Waals surface area contributed by atoms with Gasteiger partial charge in [0.2, 0.25) is 0 Å². The van der Waals surface area contributed by atoms with Crippen LogP contribution in [-0.4, -0.2) is 43.6 Å². The summed E-state index contributed by atoms with van der Waals surface area (Å²) in [5.41, 5.74) is 14.2. The SMILES string of the molecule is CC(C)c1cccn1C.CC(C)c1ccn(C)c1.CC(C)c1ccnn1C.CC(C)c1cnn(C)c1.Cc1ccc(C(C)C)nc1.Cc1cnc(C(C)C)cc1C.Cc1cncc(C(C)C)c1. The number of hydrogen-bond acceptors (Lipinski definition) is 5. The summed E-state index contributed by atoms with van der Waals surface area (Å²) in [7, 11) is 8.03. The monoisotopic (exact) mass is 914 g/mol. The first-order valence-electron chi connectivity index (χ1n) is 24.3. The van der Waals surface area contributed by atoms with Crippen LogP contribution in [0.5, 0.6) is 0 Å². The quantitative estimate of drug-likeness (QED) is 0.159. The van der Waals surface area contributed by atoms with Crippen LogP contribution in [0, 0.1) is 27.7 Å². The van der Waals surface area contributed by atoms with E-state index in [1.54, 1.807) is 0 Å². The van der Waals surface area contributed by atoms with Gasteiger partial charge in [0.1, 0.15) is 0 Å². The minimum atomic E-state index is 0.536. The minimum Gasteiger partial charge on any atom is -0.357 e. The first kappa shape index (κ1) is 59.4. The van der Waals surface area contributed by atoms with E-state index in [0.29, 0.717) is 41.4 Å². The van der Waals surface area contributed by atoms with E-state index in [4.69, 9.17) is 0 Å². The molecule has 0 saturated carbocycles. The van der Waals surface area contributed by atoms with Crippen LogP contribution >= 0.6 is 0 Å². The second-order valence-electron chi connectivity index (χ2n) is 19.8. The maximum absolute atomic E-state index is 4.34. The Morgan fingerprint density at radius 1 is 0.433 bits per heavy atom. The number of aromatic nitrogens is 9. The first-order valence-corrected chi connectivity index (χ1v) is 24.3. The molecule has 368 valence electrons. The molecule has 0 aliphatic heterocycles. The molecule has 67 heavy (non-hydrogen) atoms. The van der Waals surface area contributed by atoms with Crippen LogP contribution in [0.2, 0.25) is 0 Å². The van der Waals surface area contributed by atoms with Crippen molar-refractivity contribution in [1.82, 2.24) is 43.6 Å². The lowest BCUT2D eigenvalue weighted by Crippen LogP contribution is -1.98. The molecular weight excluding hydrogens is 823 g/mol. The fraction of sp³-hybridized carbons (Fsp3) is 0.500. The maximum atomic E-state index is 4.34. The van der Waals surface area contributed by atoms with Crippen LogP contribution in [0.4, 0.5) is 0 Å². The fourth-order valence-electron chi connectivity index (χ4n) is 6.31. The smallest absolute Gasteiger partial charge is 0.0524 e. The molecule has 9 heteroatoms. The molecule has 0 saturated heterocycles. The molecule has 7 aromatic heterocycles. The van der Waals surface area contributed by atoms with E-state index in [9.17, 15) is 0 Å². The average Bonchev–Trinajstić information content (AvgIpc) is 4.09. The molecule has 0 N–H and O–H groups in total. The van der Waals surface area contributed by atoms with E-state index >= 15 is 0 Å². The van der Waals surface area contributed by atoms with Gasteiger partial charge in [-0.2, -0.15) is 10.2 Å². The Morgan fingerprint density at radius 2 is 1.03 bits per heavy atom. The van der Waals surface area contributed by atoms with Crippen molar-refractivity contribution in [2.45, 2.75) is 166 Å². The van der Waals surface area contributed by atoms with E-state index in [2.05, 4.69) is 227 Å². The maximum Gasteiger partial charge on any atom is 0.0524 e. The molecule has 0 radical (unpaired) electrons. The zero-order valence-electron chi connectivity index (χ0n) is 46.0. The number of hydrogen-bond donors (Lipinski definition) is 0. The van der Waals surface area contributed by atoms with E-state index in [1.165, 1.54) is 61.7 Å². The molecular formula is C58H91N9. The lowest BCUT2D eigenvalue weighted by Gasteiger charge is -2.06. The number of aryl methyl sites for hydroxylation is 8. The normalized spacial score (nSPS) is 10.6. The summed E-state index contributed by atoms with van der Waals surface area (Å²) < 4.78 is 7.97. The van der Waals surface area contributed by atoms with E-state index in [0.717, 1.165) is 0 Å². The Morgan fingerprint density at radius 3 is 1.34 bits per heavy atom. The molecule has 7 rings (SSSR count). The van der Waals surface area contributed by atoms with Crippen molar-refractivity contribution < 1.29 is 0 Å². The third-order valence-corrected chi connectivity index (χ3v) is 11.0. The molecule has 0 unspecified atom stereocenters. The van der Waals surface area contributed by atoms with Gasteiger partial charge >= 0.3 is 0 Å². The van der Waals surface area contributed by atoms with Gasteiger partial charge in [-0.05, 0) is 144 Å². The standard InChI is InChI=1S/C10H15N.2C9H13N.2C8H13N.2C7H12N2/c1-7(2)10-5-8(3)9(4)6-11-10;1-7(2)9-4-8(3)5-10-6-9;1-7(2)9-5-4-8(3)6-10-9;1-7(2)8-4-5-9(3)6-8;1-7(2)8-5-4-6-9(8)3;1-6(2)7-4-8-9(3)5-7;1-6(2)7-4-5-8-9(7)3/h5-7H,1-4H3;2*4-7H,1-3H3;2*4-7H,1-3H3;2*4-6H,1-3H3. The Kier molecular flexibility index (Phi) is 27.2. The lowest BCUT2D eigenvalue weighted by atomic mass is 10.0. The van der Waals surface area contributed by atoms with Crippen molar-refractivity contribution in [3.63, 3.8) is 0 Å². The van der Waals surface area contributed by atoms with Crippen molar-refractivity contribution in [2.24, 2.45) is 28.2 Å². The average molecular weight is 914 g/mol. The summed E-state index contributed by atoms with van der Waals surface area (Å²) >= 11 is 0. The molecule has 0 amide bonds. The Hall–Kier alpha value is -5.57. The number of pyridine rings is 3. The molecule has 7 heterocycles. The van der Waals surface area contributed by atoms with Crippen molar-refractivity contribution in [2.75, 3.05) is 0 Å². The topological polar surface area (TPSA) is 84.2 Å². The Labute approximate surface area is 408 Å². The van der Waals surface area contributed by atoms with Gasteiger partial charge in [-0.3, -0.25) is 24.3 Å². The summed E-state index contributed by atoms with van der Waals surface area (Å²) in [6, 6.07) is 17.0. The molecule has 7 aromatic rings. The van der Waals surface area contributed by atoms with Crippen LogP contribution in [0.25, 0.3) is 0 Å². The summed E-state index contributed by atoms with van der Waals surface area (Å²) in [6.07, 6.45) is 19.8. The third kappa shape index (κ3) is 23.6. The highest BCUT2D eigenvalue weighted by molar-refractivity contribution is 5.25. The summed E-state index contributed by atoms with van der Waals surface area (Å²) in [6.45, 7) is 38.8. The summed E-state index contributed by atoms with van der Waals surface area (Å²) in [4.78, 5) is 12.7. The van der Waals surface area contributed by atoms with Gasteiger partial charge in [0, 0.05) is 107 Å². The molecule has 0 spiro atoms. The third-order valence-electron chi connectivity index (χ3n) is 11.0. The zero-order chi connectivity index (χ0) is 51.0. The number of rotatable bonds is 7. The Bertz CT molecular complexity index is 2260. The second-order valence-corrected chi connectivity index (χ2v) is 19.8. The van der Waals surface area contributed by atoms with E-state index in [1.807, 2.05) is 80.0 Å². The van der Waals surface area contributed by atoms with Crippen LogP contribution in [0.3, 0.4) is 0 Å². The molecule has 0 aliphatic carbocycles. The molecule has 0 aliphatic rings. The molecule has 0 fully saturated rings. The predicted octanol–water partition coefficient (Wildman–Crippen LogP) is 15.2. The lowest BCUT2D eigenvalue weighted by molar-refractivity contribution is 0.669. The molecule has 0 aromatic carbocycles. The fourth-order valence-corrected chi connectivity index (χ4v) is 6.31. The highest BCUT2D eigenvalue weighted by Gasteiger charge is 2.04. The van der Waals surface area contributed by atoms with Crippen molar-refractivity contribution in [1.29, 1.82) is 0 Å². The van der Waals surface area contributed by atoms with Crippen molar-refractivity contribution in [3.05, 3.63) is 172 Å². The molecule has 9 nitrogen and oxygen atoms in total. The van der Waals surface area contributed by atoms with Gasteiger partial charge in [0.15, 0.2) is 0 Å². The van der Waals surface area contributed by atoms with Crippen molar-refractivity contribution >= 4 is 0 Å². The van der Waals surface area contributed by atoms with Gasteiger partial charge in [0.25, 0.3) is 0 Å². The first-order chi connectivity index (χ1) is 31.3. The number of nitrogens with zero attached hydrogens (tertiary/aromatic N) is 9. The van der Waals surface area contributed by atoms with Gasteiger partial charge in [-0.1, -0.05) is 109 Å². The predicted molar refractivity (Wildman–Crippen MR) is 288 cm³/mol. The van der Waals surface area contributed by atoms with Gasteiger partial charge < -0.3 is 9.13 Å². The van der Waals surface area contributed by atoms with Crippen LogP contribution in [0.15, 0.2) is 110 Å². The van der Waals surface area contributed by atoms with Gasteiger partial charge in [-0.15, -0.1) is 0 Å². The van der Waals surface area contributed by atoms with Crippen molar-refractivity contribution in [3.8, 4) is 0 Å². The van der Waals surface area contributed by atoms with E-state index < -0.39 is 0 Å². The zero-order valence-corrected chi connectivity index (χ0v) is 46.0. The molecule has 0 bridgehead atoms. The minimum absolute atomic E-state index is 0.536. The summed E-state index contributed by atoms with van der Waals surface area (Å²) in [5.74, 6) is 4.15. The largest absolute Gasteiger partial charge is 0.357 e. The highest BCUT2D eigenvalue weighted by atomic mass is 15.3. The van der Waals surface area contributed by atoms with Crippen LogP contribution in [-0.2, 0) is 28.2 Å². The highest BCUT2D eigenvalue weighted by Crippen LogP contribution is 2.17. The second kappa shape index (κ2) is 30.7. The van der Waals surface area contributed by atoms with Crippen LogP contribution < -0.4 is 0 Å². The van der Waals surface area contributed by atoms with Gasteiger partial charge in [0.05, 0.1) is 6.20 Å². The summed E-state index contributed by atoms with van der Waals surface area (Å²) in [5, 5.41) is 8.11. The van der Waals surface area contributed by atoms with E-state index in [-0.39, 0.29) is 0 Å². The van der Waals surface area contributed by atoms with Gasteiger partial charge in [-0.25, -0.2) is 0 Å². The Balaban J connectivity index is 0.000000391. The molecule has 0 atom stereocenters.